The Balaban J connectivity index is 1.96. The molecule has 128 valence electrons. The van der Waals surface area contributed by atoms with Gasteiger partial charge in [0.1, 0.15) is 16.7 Å². The topological polar surface area (TPSA) is 64.6 Å². The molecule has 0 spiro atoms. The standard InChI is InChI=1S/C18H21NO4S/c1-24(20,21)17-10-6-5-9-15(17)23-18(14-7-3-2-4-8-14)16-13-19-11-12-22-16/h2-10,16,18-19H,11-13H2,1H3/t16-,18?/m0/s1. The molecule has 0 radical (unpaired) electrons. The van der Waals surface area contributed by atoms with E-state index in [1.807, 2.05) is 30.3 Å². The minimum atomic E-state index is -3.37. The highest BCUT2D eigenvalue weighted by Crippen LogP contribution is 2.31. The predicted octanol–water partition coefficient (Wildman–Crippen LogP) is 2.20. The van der Waals surface area contributed by atoms with Crippen molar-refractivity contribution in [1.29, 1.82) is 0 Å². The molecule has 24 heavy (non-hydrogen) atoms. The molecule has 2 atom stereocenters. The summed E-state index contributed by atoms with van der Waals surface area (Å²) < 4.78 is 36.1. The van der Waals surface area contributed by atoms with Crippen molar-refractivity contribution in [2.45, 2.75) is 17.1 Å². The van der Waals surface area contributed by atoms with Crippen LogP contribution in [0.4, 0.5) is 0 Å². The number of rotatable bonds is 5. The smallest absolute Gasteiger partial charge is 0.179 e. The fourth-order valence-electron chi connectivity index (χ4n) is 2.77. The van der Waals surface area contributed by atoms with Crippen molar-refractivity contribution >= 4 is 9.84 Å². The van der Waals surface area contributed by atoms with E-state index < -0.39 is 9.84 Å². The Hall–Kier alpha value is -1.89. The van der Waals surface area contributed by atoms with E-state index in [4.69, 9.17) is 9.47 Å². The molecule has 1 N–H and O–H groups in total. The van der Waals surface area contributed by atoms with Crippen LogP contribution in [-0.2, 0) is 14.6 Å². The molecule has 3 rings (SSSR count). The molecule has 5 nitrogen and oxygen atoms in total. The molecule has 6 heteroatoms. The number of morpholine rings is 1. The summed E-state index contributed by atoms with van der Waals surface area (Å²) in [7, 11) is -3.37. The van der Waals surface area contributed by atoms with Gasteiger partial charge in [-0.3, -0.25) is 0 Å². The third-order valence-electron chi connectivity index (χ3n) is 3.92. The fraction of sp³-hybridized carbons (Fsp3) is 0.333. The van der Waals surface area contributed by atoms with E-state index in [0.717, 1.165) is 12.1 Å². The lowest BCUT2D eigenvalue weighted by Crippen LogP contribution is -2.43. The summed E-state index contributed by atoms with van der Waals surface area (Å²) in [6.45, 7) is 2.06. The molecular weight excluding hydrogens is 326 g/mol. The quantitative estimate of drug-likeness (QED) is 0.898. The highest BCUT2D eigenvalue weighted by Gasteiger charge is 2.29. The lowest BCUT2D eigenvalue weighted by atomic mass is 10.0. The Labute approximate surface area is 142 Å². The molecule has 2 aromatic carbocycles. The summed E-state index contributed by atoms with van der Waals surface area (Å²) in [5, 5.41) is 3.29. The number of nitrogens with one attached hydrogen (secondary N) is 1. The minimum absolute atomic E-state index is 0.186. The molecule has 1 heterocycles. The van der Waals surface area contributed by atoms with Crippen molar-refractivity contribution in [1.82, 2.24) is 5.32 Å². The Morgan fingerprint density at radius 1 is 1.12 bits per heavy atom. The van der Waals surface area contributed by atoms with Crippen LogP contribution in [0.5, 0.6) is 5.75 Å². The normalized spacial score (nSPS) is 19.6. The lowest BCUT2D eigenvalue weighted by Gasteiger charge is -2.32. The molecule has 1 saturated heterocycles. The van der Waals surface area contributed by atoms with Crippen LogP contribution in [-0.4, -0.2) is 40.5 Å². The number of para-hydroxylation sites is 1. The predicted molar refractivity (Wildman–Crippen MR) is 92.0 cm³/mol. The van der Waals surface area contributed by atoms with Crippen molar-refractivity contribution in [3.05, 3.63) is 60.2 Å². The molecule has 1 fully saturated rings. The van der Waals surface area contributed by atoms with Crippen molar-refractivity contribution in [3.63, 3.8) is 0 Å². The van der Waals surface area contributed by atoms with E-state index in [1.165, 1.54) is 6.26 Å². The van der Waals surface area contributed by atoms with Crippen LogP contribution < -0.4 is 10.1 Å². The summed E-state index contributed by atoms with van der Waals surface area (Å²) in [5.41, 5.74) is 0.953. The van der Waals surface area contributed by atoms with Gasteiger partial charge in [-0.2, -0.15) is 0 Å². The first-order chi connectivity index (χ1) is 11.6. The summed E-state index contributed by atoms with van der Waals surface area (Å²) >= 11 is 0. The van der Waals surface area contributed by atoms with E-state index in [2.05, 4.69) is 5.32 Å². The maximum absolute atomic E-state index is 12.0. The number of hydrogen-bond acceptors (Lipinski definition) is 5. The van der Waals surface area contributed by atoms with Gasteiger partial charge in [0.25, 0.3) is 0 Å². The molecule has 0 aromatic heterocycles. The summed E-state index contributed by atoms with van der Waals surface area (Å²) in [5.74, 6) is 0.350. The van der Waals surface area contributed by atoms with Gasteiger partial charge in [-0.25, -0.2) is 8.42 Å². The van der Waals surface area contributed by atoms with Crippen LogP contribution in [0.3, 0.4) is 0 Å². The zero-order chi connectivity index (χ0) is 17.0. The molecule has 1 aliphatic rings. The van der Waals surface area contributed by atoms with E-state index in [0.29, 0.717) is 18.9 Å². The molecule has 1 aliphatic heterocycles. The van der Waals surface area contributed by atoms with Gasteiger partial charge in [0, 0.05) is 19.3 Å². The first kappa shape index (κ1) is 17.0. The van der Waals surface area contributed by atoms with Gasteiger partial charge < -0.3 is 14.8 Å². The second-order valence-electron chi connectivity index (χ2n) is 5.78. The third-order valence-corrected chi connectivity index (χ3v) is 5.06. The number of ether oxygens (including phenoxy) is 2. The molecule has 0 bridgehead atoms. The zero-order valence-electron chi connectivity index (χ0n) is 13.5. The Bertz CT molecular complexity index is 771. The fourth-order valence-corrected chi connectivity index (χ4v) is 3.58. The largest absolute Gasteiger partial charge is 0.482 e. The highest BCUT2D eigenvalue weighted by atomic mass is 32.2. The van der Waals surface area contributed by atoms with Crippen molar-refractivity contribution in [2.24, 2.45) is 0 Å². The molecule has 0 amide bonds. The number of benzene rings is 2. The van der Waals surface area contributed by atoms with Gasteiger partial charge >= 0.3 is 0 Å². The first-order valence-corrected chi connectivity index (χ1v) is 9.78. The summed E-state index contributed by atoms with van der Waals surface area (Å²) in [6.07, 6.45) is 0.612. The van der Waals surface area contributed by atoms with Gasteiger partial charge in [-0.15, -0.1) is 0 Å². The van der Waals surface area contributed by atoms with E-state index >= 15 is 0 Å². The molecular formula is C18H21NO4S. The number of sulfone groups is 1. The maximum atomic E-state index is 12.0. The van der Waals surface area contributed by atoms with Gasteiger partial charge in [0.05, 0.1) is 6.61 Å². The number of hydrogen-bond donors (Lipinski definition) is 1. The Morgan fingerprint density at radius 3 is 2.50 bits per heavy atom. The summed E-state index contributed by atoms with van der Waals surface area (Å²) in [6, 6.07) is 16.4. The Kier molecular flexibility index (Phi) is 5.18. The monoisotopic (exact) mass is 347 g/mol. The maximum Gasteiger partial charge on any atom is 0.179 e. The van der Waals surface area contributed by atoms with Crippen LogP contribution in [0.1, 0.15) is 11.7 Å². The first-order valence-electron chi connectivity index (χ1n) is 7.89. The lowest BCUT2D eigenvalue weighted by molar-refractivity contribution is -0.0441. The molecule has 2 aromatic rings. The SMILES string of the molecule is CS(=O)(=O)c1ccccc1OC(c1ccccc1)[C@@H]1CNCCO1. The van der Waals surface area contributed by atoms with Crippen LogP contribution >= 0.6 is 0 Å². The van der Waals surface area contributed by atoms with Crippen molar-refractivity contribution in [3.8, 4) is 5.75 Å². The van der Waals surface area contributed by atoms with E-state index in [-0.39, 0.29) is 17.1 Å². The van der Waals surface area contributed by atoms with Crippen LogP contribution in [0.2, 0.25) is 0 Å². The second kappa shape index (κ2) is 7.34. The van der Waals surface area contributed by atoms with Crippen molar-refractivity contribution in [2.75, 3.05) is 26.0 Å². The molecule has 0 aliphatic carbocycles. The Morgan fingerprint density at radius 2 is 1.83 bits per heavy atom. The zero-order valence-corrected chi connectivity index (χ0v) is 14.3. The van der Waals surface area contributed by atoms with E-state index in [9.17, 15) is 8.42 Å². The van der Waals surface area contributed by atoms with Crippen LogP contribution in [0.25, 0.3) is 0 Å². The van der Waals surface area contributed by atoms with Gasteiger partial charge in [0.2, 0.25) is 0 Å². The van der Waals surface area contributed by atoms with Crippen LogP contribution in [0, 0.1) is 0 Å². The van der Waals surface area contributed by atoms with E-state index in [1.54, 1.807) is 24.3 Å². The molecule has 0 saturated carbocycles. The second-order valence-corrected chi connectivity index (χ2v) is 7.77. The van der Waals surface area contributed by atoms with Crippen molar-refractivity contribution < 1.29 is 17.9 Å². The molecule has 1 unspecified atom stereocenters. The summed E-state index contributed by atoms with van der Waals surface area (Å²) in [4.78, 5) is 0.190. The van der Waals surface area contributed by atoms with Gasteiger partial charge in [-0.05, 0) is 17.7 Å². The third kappa shape index (κ3) is 3.95. The average molecular weight is 347 g/mol. The van der Waals surface area contributed by atoms with Gasteiger partial charge in [0.15, 0.2) is 15.9 Å². The van der Waals surface area contributed by atoms with Gasteiger partial charge in [-0.1, -0.05) is 42.5 Å². The minimum Gasteiger partial charge on any atom is -0.482 e. The van der Waals surface area contributed by atoms with Crippen LogP contribution in [0.15, 0.2) is 59.5 Å². The highest BCUT2D eigenvalue weighted by molar-refractivity contribution is 7.90. The average Bonchev–Trinajstić information content (AvgIpc) is 2.61.